The van der Waals surface area contributed by atoms with Crippen molar-refractivity contribution in [3.63, 3.8) is 0 Å². The van der Waals surface area contributed by atoms with E-state index in [-0.39, 0.29) is 5.63 Å². The quantitative estimate of drug-likeness (QED) is 0.420. The van der Waals surface area contributed by atoms with E-state index in [1.807, 2.05) is 34.9 Å². The highest BCUT2D eigenvalue weighted by Crippen LogP contribution is 2.30. The second-order valence-corrected chi connectivity index (χ2v) is 6.85. The van der Waals surface area contributed by atoms with Gasteiger partial charge in [0.15, 0.2) is 4.96 Å². The Morgan fingerprint density at radius 3 is 2.92 bits per heavy atom. The number of para-hydroxylation sites is 1. The fourth-order valence-electron chi connectivity index (χ4n) is 2.98. The highest BCUT2D eigenvalue weighted by molar-refractivity contribution is 7.23. The number of thiazole rings is 1. The Kier molecular flexibility index (Phi) is 2.69. The molecule has 5 heteroatoms. The van der Waals surface area contributed by atoms with E-state index in [2.05, 4.69) is 30.1 Å². The van der Waals surface area contributed by atoms with Crippen LogP contribution in [0.5, 0.6) is 0 Å². The molecule has 0 unspecified atom stereocenters. The first-order chi connectivity index (χ1) is 11.7. The zero-order valence-electron chi connectivity index (χ0n) is 12.8. The van der Waals surface area contributed by atoms with Gasteiger partial charge in [-0.3, -0.25) is 4.40 Å². The largest absolute Gasteiger partial charge is 0.422 e. The summed E-state index contributed by atoms with van der Waals surface area (Å²) in [5, 5.41) is 0.893. The molecule has 0 amide bonds. The molecule has 5 aromatic rings. The van der Waals surface area contributed by atoms with Crippen molar-refractivity contribution in [2.75, 3.05) is 0 Å². The van der Waals surface area contributed by atoms with E-state index in [4.69, 9.17) is 4.42 Å². The van der Waals surface area contributed by atoms with Gasteiger partial charge in [0.05, 0.1) is 21.5 Å². The van der Waals surface area contributed by atoms with E-state index in [9.17, 15) is 4.79 Å². The maximum Gasteiger partial charge on any atom is 0.345 e. The molecule has 5 rings (SSSR count). The van der Waals surface area contributed by atoms with Gasteiger partial charge in [-0.05, 0) is 36.8 Å². The molecule has 0 aliphatic rings. The third-order valence-electron chi connectivity index (χ3n) is 4.17. The minimum atomic E-state index is -0.361. The second-order valence-electron chi connectivity index (χ2n) is 5.84. The van der Waals surface area contributed by atoms with Gasteiger partial charge in [-0.2, -0.15) is 0 Å². The smallest absolute Gasteiger partial charge is 0.345 e. The van der Waals surface area contributed by atoms with Crippen LogP contribution >= 0.6 is 11.3 Å². The molecule has 24 heavy (non-hydrogen) atoms. The first-order valence-electron chi connectivity index (χ1n) is 7.60. The summed E-state index contributed by atoms with van der Waals surface area (Å²) in [6.45, 7) is 2.08. The average molecular weight is 332 g/mol. The molecule has 2 aromatic carbocycles. The van der Waals surface area contributed by atoms with Gasteiger partial charge in [-0.1, -0.05) is 35.6 Å². The molecule has 0 N–H and O–H groups in total. The normalized spacial score (nSPS) is 11.7. The summed E-state index contributed by atoms with van der Waals surface area (Å²) in [6.07, 6.45) is 1.91. The molecular formula is C19H12N2O2S. The summed E-state index contributed by atoms with van der Waals surface area (Å²) in [7, 11) is 0. The summed E-state index contributed by atoms with van der Waals surface area (Å²) in [6, 6.07) is 15.7. The van der Waals surface area contributed by atoms with E-state index in [1.165, 1.54) is 10.3 Å². The van der Waals surface area contributed by atoms with E-state index < -0.39 is 0 Å². The number of hydrogen-bond donors (Lipinski definition) is 0. The number of hydrogen-bond acceptors (Lipinski definition) is 4. The topological polar surface area (TPSA) is 47.5 Å². The lowest BCUT2D eigenvalue weighted by Gasteiger charge is -1.99. The molecule has 0 fully saturated rings. The van der Waals surface area contributed by atoms with Gasteiger partial charge in [0.2, 0.25) is 0 Å². The molecule has 0 atom stereocenters. The van der Waals surface area contributed by atoms with Gasteiger partial charge in [-0.15, -0.1) is 0 Å². The van der Waals surface area contributed by atoms with Crippen molar-refractivity contribution in [3.05, 3.63) is 70.7 Å². The minimum Gasteiger partial charge on any atom is -0.422 e. The van der Waals surface area contributed by atoms with Crippen molar-refractivity contribution in [2.24, 2.45) is 0 Å². The number of imidazole rings is 1. The monoisotopic (exact) mass is 332 g/mol. The SMILES string of the molecule is Cc1ccc2c(c1)sc1nc(-c3cc4ccccc4oc3=O)cn12. The van der Waals surface area contributed by atoms with E-state index in [1.54, 1.807) is 17.4 Å². The van der Waals surface area contributed by atoms with Gasteiger partial charge < -0.3 is 4.42 Å². The average Bonchev–Trinajstić information content (AvgIpc) is 3.11. The van der Waals surface area contributed by atoms with Crippen molar-refractivity contribution in [1.29, 1.82) is 0 Å². The summed E-state index contributed by atoms with van der Waals surface area (Å²) >= 11 is 1.62. The number of aryl methyl sites for hydroxylation is 1. The Morgan fingerprint density at radius 2 is 2.00 bits per heavy atom. The first-order valence-corrected chi connectivity index (χ1v) is 8.42. The van der Waals surface area contributed by atoms with Crippen LogP contribution < -0.4 is 5.63 Å². The Balaban J connectivity index is 1.77. The van der Waals surface area contributed by atoms with Crippen LogP contribution in [0.4, 0.5) is 0 Å². The van der Waals surface area contributed by atoms with Crippen molar-refractivity contribution < 1.29 is 4.42 Å². The zero-order valence-corrected chi connectivity index (χ0v) is 13.6. The minimum absolute atomic E-state index is 0.361. The van der Waals surface area contributed by atoms with Gasteiger partial charge in [0.25, 0.3) is 0 Å². The number of aromatic nitrogens is 2. The third kappa shape index (κ3) is 1.91. The molecule has 0 spiro atoms. The van der Waals surface area contributed by atoms with Gasteiger partial charge in [-0.25, -0.2) is 9.78 Å². The van der Waals surface area contributed by atoms with Crippen LogP contribution in [0.1, 0.15) is 5.56 Å². The molecule has 0 bridgehead atoms. The molecule has 3 aromatic heterocycles. The van der Waals surface area contributed by atoms with Crippen LogP contribution in [0.25, 0.3) is 37.4 Å². The molecule has 3 heterocycles. The molecule has 0 aliphatic carbocycles. The van der Waals surface area contributed by atoms with Crippen LogP contribution in [-0.2, 0) is 0 Å². The van der Waals surface area contributed by atoms with Crippen LogP contribution in [0.3, 0.4) is 0 Å². The Labute approximate surface area is 140 Å². The number of fused-ring (bicyclic) bond motifs is 4. The van der Waals surface area contributed by atoms with E-state index in [0.717, 1.165) is 15.9 Å². The first kappa shape index (κ1) is 13.5. The molecule has 0 radical (unpaired) electrons. The zero-order chi connectivity index (χ0) is 16.3. The van der Waals surface area contributed by atoms with Crippen LogP contribution in [-0.4, -0.2) is 9.38 Å². The maximum absolute atomic E-state index is 12.3. The van der Waals surface area contributed by atoms with Crippen LogP contribution in [0.15, 0.2) is 63.9 Å². The summed E-state index contributed by atoms with van der Waals surface area (Å²) in [5.41, 5.74) is 3.69. The molecule has 0 saturated carbocycles. The molecule has 0 saturated heterocycles. The lowest BCUT2D eigenvalue weighted by Crippen LogP contribution is -2.02. The Bertz CT molecular complexity index is 1290. The molecule has 116 valence electrons. The summed E-state index contributed by atoms with van der Waals surface area (Å²) in [5.74, 6) is 0. The van der Waals surface area contributed by atoms with Gasteiger partial charge >= 0.3 is 5.63 Å². The number of rotatable bonds is 1. The van der Waals surface area contributed by atoms with Crippen molar-refractivity contribution in [1.82, 2.24) is 9.38 Å². The Morgan fingerprint density at radius 1 is 1.12 bits per heavy atom. The summed E-state index contributed by atoms with van der Waals surface area (Å²) in [4.78, 5) is 17.8. The summed E-state index contributed by atoms with van der Waals surface area (Å²) < 4.78 is 8.64. The van der Waals surface area contributed by atoms with Crippen molar-refractivity contribution in [3.8, 4) is 11.3 Å². The van der Waals surface area contributed by atoms with Crippen molar-refractivity contribution in [2.45, 2.75) is 6.92 Å². The lowest BCUT2D eigenvalue weighted by atomic mass is 10.1. The third-order valence-corrected chi connectivity index (χ3v) is 5.18. The van der Waals surface area contributed by atoms with Crippen LogP contribution in [0, 0.1) is 6.92 Å². The number of benzene rings is 2. The van der Waals surface area contributed by atoms with Gasteiger partial charge in [0, 0.05) is 11.6 Å². The molecule has 0 aliphatic heterocycles. The fraction of sp³-hybridized carbons (Fsp3) is 0.0526. The predicted octanol–water partition coefficient (Wildman–Crippen LogP) is 4.63. The fourth-order valence-corrected chi connectivity index (χ4v) is 4.08. The van der Waals surface area contributed by atoms with Crippen molar-refractivity contribution >= 4 is 37.5 Å². The van der Waals surface area contributed by atoms with Gasteiger partial charge in [0.1, 0.15) is 5.58 Å². The van der Waals surface area contributed by atoms with Crippen LogP contribution in [0.2, 0.25) is 0 Å². The highest BCUT2D eigenvalue weighted by Gasteiger charge is 2.14. The maximum atomic E-state index is 12.3. The molecular weight excluding hydrogens is 320 g/mol. The lowest BCUT2D eigenvalue weighted by molar-refractivity contribution is 0.563. The molecule has 4 nitrogen and oxygen atoms in total. The Hall–Kier alpha value is -2.92. The van der Waals surface area contributed by atoms with E-state index in [0.29, 0.717) is 16.8 Å². The van der Waals surface area contributed by atoms with E-state index >= 15 is 0 Å². The number of nitrogens with zero attached hydrogens (tertiary/aromatic N) is 2. The standard InChI is InChI=1S/C19H12N2O2S/c1-11-6-7-15-17(8-11)24-19-20-14(10-21(15)19)13-9-12-4-2-3-5-16(12)23-18(13)22/h2-10H,1H3. The second kappa shape index (κ2) is 4.79. The predicted molar refractivity (Wildman–Crippen MR) is 96.8 cm³/mol. The highest BCUT2D eigenvalue weighted by atomic mass is 32.1.